The molecule has 20 heavy (non-hydrogen) atoms. The van der Waals surface area contributed by atoms with Gasteiger partial charge in [-0.2, -0.15) is 0 Å². The number of amides is 1. The number of anilines is 2. The molecular weight excluding hydrogens is 262 g/mol. The van der Waals surface area contributed by atoms with Crippen LogP contribution in [-0.4, -0.2) is 12.5 Å². The molecule has 2 N–H and O–H groups in total. The van der Waals surface area contributed by atoms with Gasteiger partial charge in [0.1, 0.15) is 11.6 Å². The molecule has 0 spiro atoms. The van der Waals surface area contributed by atoms with Crippen LogP contribution in [-0.2, 0) is 0 Å². The van der Waals surface area contributed by atoms with Gasteiger partial charge in [0.25, 0.3) is 5.91 Å². The van der Waals surface area contributed by atoms with Gasteiger partial charge in [0, 0.05) is 12.1 Å². The molecule has 0 saturated carbocycles. The van der Waals surface area contributed by atoms with Gasteiger partial charge < -0.3 is 10.6 Å². The van der Waals surface area contributed by atoms with Crippen molar-refractivity contribution in [1.29, 1.82) is 0 Å². The van der Waals surface area contributed by atoms with Gasteiger partial charge in [-0.1, -0.05) is 12.1 Å². The van der Waals surface area contributed by atoms with Crippen molar-refractivity contribution in [2.45, 2.75) is 6.92 Å². The van der Waals surface area contributed by atoms with Crippen molar-refractivity contribution >= 4 is 17.3 Å². The van der Waals surface area contributed by atoms with Crippen LogP contribution in [0, 0.1) is 11.6 Å². The second kappa shape index (κ2) is 5.69. The Kier molecular flexibility index (Phi) is 3.98. The average molecular weight is 276 g/mol. The summed E-state index contributed by atoms with van der Waals surface area (Å²) in [7, 11) is 0. The van der Waals surface area contributed by atoms with E-state index in [4.69, 9.17) is 5.73 Å². The van der Waals surface area contributed by atoms with Crippen molar-refractivity contribution in [3.05, 3.63) is 59.7 Å². The predicted molar refractivity (Wildman–Crippen MR) is 74.6 cm³/mol. The molecule has 0 fully saturated rings. The third-order valence-electron chi connectivity index (χ3n) is 2.95. The second-order valence-electron chi connectivity index (χ2n) is 4.24. The third-order valence-corrected chi connectivity index (χ3v) is 2.95. The lowest BCUT2D eigenvalue weighted by molar-refractivity contribution is 0.0987. The van der Waals surface area contributed by atoms with Crippen molar-refractivity contribution in [3.63, 3.8) is 0 Å². The number of carbonyl (C=O) groups excluding carboxylic acids is 1. The van der Waals surface area contributed by atoms with Gasteiger partial charge in [-0.15, -0.1) is 0 Å². The zero-order valence-corrected chi connectivity index (χ0v) is 10.9. The maximum absolute atomic E-state index is 13.8. The van der Waals surface area contributed by atoms with Crippen molar-refractivity contribution in [2.24, 2.45) is 0 Å². The summed E-state index contributed by atoms with van der Waals surface area (Å²) in [5, 5.41) is 0. The molecule has 2 rings (SSSR count). The first-order valence-electron chi connectivity index (χ1n) is 6.16. The number of benzene rings is 2. The fourth-order valence-corrected chi connectivity index (χ4v) is 1.93. The standard InChI is InChI=1S/C15H14F2N2O/c1-2-19(14-6-4-3-5-12(14)17)15(20)10-7-8-11(16)13(18)9-10/h3-9H,2,18H2,1H3. The van der Waals surface area contributed by atoms with Crippen LogP contribution in [0.5, 0.6) is 0 Å². The van der Waals surface area contributed by atoms with Gasteiger partial charge in [0.2, 0.25) is 0 Å². The molecular formula is C15H14F2N2O. The Labute approximate surface area is 115 Å². The monoisotopic (exact) mass is 276 g/mol. The summed E-state index contributed by atoms with van der Waals surface area (Å²) >= 11 is 0. The zero-order chi connectivity index (χ0) is 14.7. The molecule has 0 radical (unpaired) electrons. The molecule has 0 bridgehead atoms. The molecule has 3 nitrogen and oxygen atoms in total. The van der Waals surface area contributed by atoms with Crippen molar-refractivity contribution in [2.75, 3.05) is 17.2 Å². The SMILES string of the molecule is CCN(C(=O)c1ccc(F)c(N)c1)c1ccccc1F. The Morgan fingerprint density at radius 2 is 1.85 bits per heavy atom. The van der Waals surface area contributed by atoms with Gasteiger partial charge in [-0.3, -0.25) is 4.79 Å². The molecule has 2 aromatic carbocycles. The highest BCUT2D eigenvalue weighted by Gasteiger charge is 2.19. The second-order valence-corrected chi connectivity index (χ2v) is 4.24. The molecule has 0 saturated heterocycles. The Bertz CT molecular complexity index is 644. The van der Waals surface area contributed by atoms with Gasteiger partial charge in [-0.05, 0) is 37.3 Å². The smallest absolute Gasteiger partial charge is 0.258 e. The molecule has 0 aliphatic heterocycles. The highest BCUT2D eigenvalue weighted by molar-refractivity contribution is 6.06. The summed E-state index contributed by atoms with van der Waals surface area (Å²) in [6.07, 6.45) is 0. The number of carbonyl (C=O) groups is 1. The predicted octanol–water partition coefficient (Wildman–Crippen LogP) is 3.21. The van der Waals surface area contributed by atoms with E-state index in [-0.39, 0.29) is 23.5 Å². The van der Waals surface area contributed by atoms with E-state index in [1.54, 1.807) is 19.1 Å². The van der Waals surface area contributed by atoms with E-state index in [1.165, 1.54) is 29.2 Å². The first kappa shape index (κ1) is 14.0. The van der Waals surface area contributed by atoms with Crippen molar-refractivity contribution < 1.29 is 13.6 Å². The minimum atomic E-state index is -0.588. The highest BCUT2D eigenvalue weighted by atomic mass is 19.1. The van der Waals surface area contributed by atoms with Gasteiger partial charge in [0.05, 0.1) is 11.4 Å². The van der Waals surface area contributed by atoms with E-state index in [2.05, 4.69) is 0 Å². The minimum absolute atomic E-state index is 0.111. The summed E-state index contributed by atoms with van der Waals surface area (Å²) in [5.74, 6) is -1.50. The van der Waals surface area contributed by atoms with E-state index in [0.29, 0.717) is 0 Å². The first-order chi connectivity index (χ1) is 9.54. The van der Waals surface area contributed by atoms with E-state index >= 15 is 0 Å². The molecule has 5 heteroatoms. The largest absolute Gasteiger partial charge is 0.396 e. The van der Waals surface area contributed by atoms with Gasteiger partial charge >= 0.3 is 0 Å². The zero-order valence-electron chi connectivity index (χ0n) is 10.9. The Morgan fingerprint density at radius 3 is 2.45 bits per heavy atom. The van der Waals surface area contributed by atoms with Crippen LogP contribution in [0.25, 0.3) is 0 Å². The number of hydrogen-bond donors (Lipinski definition) is 1. The van der Waals surface area contributed by atoms with Crippen LogP contribution in [0.2, 0.25) is 0 Å². The maximum Gasteiger partial charge on any atom is 0.258 e. The van der Waals surface area contributed by atoms with Gasteiger partial charge in [0.15, 0.2) is 0 Å². The molecule has 0 aromatic heterocycles. The minimum Gasteiger partial charge on any atom is -0.396 e. The summed E-state index contributed by atoms with van der Waals surface area (Å²) < 4.78 is 26.9. The number of para-hydroxylation sites is 1. The lowest BCUT2D eigenvalue weighted by atomic mass is 10.1. The summed E-state index contributed by atoms with van der Waals surface area (Å²) in [5.41, 5.74) is 5.74. The van der Waals surface area contributed by atoms with Crippen LogP contribution in [0.15, 0.2) is 42.5 Å². The normalized spacial score (nSPS) is 10.3. The summed E-state index contributed by atoms with van der Waals surface area (Å²) in [6, 6.07) is 9.70. The molecule has 0 aliphatic rings. The van der Waals surface area contributed by atoms with Crippen LogP contribution in [0.4, 0.5) is 20.2 Å². The number of nitrogens with zero attached hydrogens (tertiary/aromatic N) is 1. The number of hydrogen-bond acceptors (Lipinski definition) is 2. The Morgan fingerprint density at radius 1 is 1.15 bits per heavy atom. The Balaban J connectivity index is 2.39. The van der Waals surface area contributed by atoms with Crippen LogP contribution >= 0.6 is 0 Å². The fraction of sp³-hybridized carbons (Fsp3) is 0.133. The van der Waals surface area contributed by atoms with Crippen LogP contribution in [0.1, 0.15) is 17.3 Å². The average Bonchev–Trinajstić information content (AvgIpc) is 2.44. The van der Waals surface area contributed by atoms with Crippen molar-refractivity contribution in [1.82, 2.24) is 0 Å². The molecule has 0 aliphatic carbocycles. The number of rotatable bonds is 3. The molecule has 104 valence electrons. The number of nitrogen functional groups attached to an aromatic ring is 1. The Hall–Kier alpha value is -2.43. The van der Waals surface area contributed by atoms with Crippen molar-refractivity contribution in [3.8, 4) is 0 Å². The molecule has 2 aromatic rings. The van der Waals surface area contributed by atoms with E-state index in [1.807, 2.05) is 0 Å². The molecule has 1 amide bonds. The lowest BCUT2D eigenvalue weighted by Crippen LogP contribution is -2.31. The van der Waals surface area contributed by atoms with E-state index in [0.717, 1.165) is 6.07 Å². The molecule has 0 atom stereocenters. The molecule has 0 heterocycles. The first-order valence-corrected chi connectivity index (χ1v) is 6.16. The quantitative estimate of drug-likeness (QED) is 0.875. The number of halogens is 2. The topological polar surface area (TPSA) is 46.3 Å². The van der Waals surface area contributed by atoms with Crippen LogP contribution in [0.3, 0.4) is 0 Å². The van der Waals surface area contributed by atoms with Gasteiger partial charge in [-0.25, -0.2) is 8.78 Å². The van der Waals surface area contributed by atoms with E-state index in [9.17, 15) is 13.6 Å². The lowest BCUT2D eigenvalue weighted by Gasteiger charge is -2.21. The van der Waals surface area contributed by atoms with E-state index < -0.39 is 17.5 Å². The molecule has 0 unspecified atom stereocenters. The third kappa shape index (κ3) is 2.61. The summed E-state index contributed by atoms with van der Waals surface area (Å²) in [6.45, 7) is 2.02. The summed E-state index contributed by atoms with van der Waals surface area (Å²) in [4.78, 5) is 13.7. The maximum atomic E-state index is 13.8. The fourth-order valence-electron chi connectivity index (χ4n) is 1.93. The van der Waals surface area contributed by atoms with Crippen LogP contribution < -0.4 is 10.6 Å². The highest BCUT2D eigenvalue weighted by Crippen LogP contribution is 2.22. The number of nitrogens with two attached hydrogens (primary N) is 1.